The van der Waals surface area contributed by atoms with E-state index in [4.69, 9.17) is 16.9 Å². The largest absolute Gasteiger partial charge is 0.334 e. The second kappa shape index (κ2) is 8.56. The molecule has 140 valence electrons. The molecule has 2 atom stereocenters. The normalized spacial score (nSPS) is 20.8. The molecule has 0 aliphatic carbocycles. The van der Waals surface area contributed by atoms with Gasteiger partial charge in [-0.1, -0.05) is 24.6 Å². The Balaban J connectivity index is 2.17. The van der Waals surface area contributed by atoms with Crippen LogP contribution in [0, 0.1) is 17.2 Å². The van der Waals surface area contributed by atoms with Crippen molar-refractivity contribution in [2.24, 2.45) is 5.92 Å². The van der Waals surface area contributed by atoms with Gasteiger partial charge in [-0.05, 0) is 42.5 Å². The monoisotopic (exact) mass is 395 g/mol. The van der Waals surface area contributed by atoms with Crippen LogP contribution in [0.3, 0.4) is 0 Å². The molecule has 0 radical (unpaired) electrons. The first-order valence-corrected chi connectivity index (χ1v) is 10.6. The number of carbonyl (C=O) groups excluding carboxylic acids is 1. The number of piperidine rings is 1. The Morgan fingerprint density at radius 3 is 2.85 bits per heavy atom. The Morgan fingerprint density at radius 1 is 1.46 bits per heavy atom. The van der Waals surface area contributed by atoms with Crippen molar-refractivity contribution < 1.29 is 13.2 Å². The maximum absolute atomic E-state index is 12.6. The third-order valence-corrected chi connectivity index (χ3v) is 5.18. The molecule has 1 fully saturated rings. The first-order chi connectivity index (χ1) is 12.2. The number of nitrogens with one attached hydrogen (secondary N) is 1. The van der Waals surface area contributed by atoms with Crippen LogP contribution in [0.25, 0.3) is 0 Å². The van der Waals surface area contributed by atoms with Gasteiger partial charge in [0.05, 0.1) is 17.7 Å². The fourth-order valence-corrected chi connectivity index (χ4v) is 3.73. The van der Waals surface area contributed by atoms with Crippen molar-refractivity contribution >= 4 is 27.5 Å². The molecule has 2 amide bonds. The SMILES string of the molecule is C[C@@H]1CCN(C(=O)NC/C=C/S(C)(=O)=O)[C@H](c2cc(Cl)cc(C#N)c2)C1. The highest BCUT2D eigenvalue weighted by molar-refractivity contribution is 7.93. The Labute approximate surface area is 159 Å². The summed E-state index contributed by atoms with van der Waals surface area (Å²) in [7, 11) is -3.21. The van der Waals surface area contributed by atoms with E-state index in [1.165, 1.54) is 6.08 Å². The molecule has 0 aromatic heterocycles. The van der Waals surface area contributed by atoms with Crippen LogP contribution in [-0.4, -0.2) is 38.7 Å². The zero-order valence-corrected chi connectivity index (χ0v) is 16.3. The Morgan fingerprint density at radius 2 is 2.19 bits per heavy atom. The first kappa shape index (κ1) is 20.3. The molecule has 0 bridgehead atoms. The van der Waals surface area contributed by atoms with Crippen LogP contribution in [0.15, 0.2) is 29.7 Å². The molecular weight excluding hydrogens is 374 g/mol. The lowest BCUT2D eigenvalue weighted by molar-refractivity contribution is 0.132. The van der Waals surface area contributed by atoms with Crippen LogP contribution < -0.4 is 5.32 Å². The molecular formula is C18H22ClN3O3S. The highest BCUT2D eigenvalue weighted by atomic mass is 35.5. The van der Waals surface area contributed by atoms with Crippen LogP contribution in [0.2, 0.25) is 5.02 Å². The third-order valence-electron chi connectivity index (χ3n) is 4.27. The number of rotatable bonds is 4. The van der Waals surface area contributed by atoms with Gasteiger partial charge in [0, 0.05) is 29.8 Å². The van der Waals surface area contributed by atoms with Gasteiger partial charge >= 0.3 is 6.03 Å². The fraction of sp³-hybridized carbons (Fsp3) is 0.444. The van der Waals surface area contributed by atoms with E-state index in [-0.39, 0.29) is 18.6 Å². The van der Waals surface area contributed by atoms with Gasteiger partial charge in [-0.25, -0.2) is 13.2 Å². The highest BCUT2D eigenvalue weighted by Crippen LogP contribution is 2.35. The molecule has 2 rings (SSSR count). The van der Waals surface area contributed by atoms with Gasteiger partial charge in [0.15, 0.2) is 9.84 Å². The summed E-state index contributed by atoms with van der Waals surface area (Å²) in [6.07, 6.45) is 4.16. The Kier molecular flexibility index (Phi) is 6.68. The second-order valence-corrected chi connectivity index (χ2v) is 8.98. The summed E-state index contributed by atoms with van der Waals surface area (Å²) >= 11 is 6.12. The lowest BCUT2D eigenvalue weighted by Crippen LogP contribution is -2.46. The van der Waals surface area contributed by atoms with Crippen LogP contribution in [-0.2, 0) is 9.84 Å². The number of likely N-dealkylation sites (tertiary alicyclic amines) is 1. The zero-order chi connectivity index (χ0) is 19.3. The van der Waals surface area contributed by atoms with Crippen molar-refractivity contribution in [3.8, 4) is 6.07 Å². The Bertz CT molecular complexity index is 846. The number of urea groups is 1. The number of sulfone groups is 1. The summed E-state index contributed by atoms with van der Waals surface area (Å²) in [6.45, 7) is 2.85. The van der Waals surface area contributed by atoms with Gasteiger partial charge in [-0.3, -0.25) is 0 Å². The number of carbonyl (C=O) groups is 1. The van der Waals surface area contributed by atoms with Gasteiger partial charge < -0.3 is 10.2 Å². The topological polar surface area (TPSA) is 90.3 Å². The third kappa shape index (κ3) is 5.75. The first-order valence-electron chi connectivity index (χ1n) is 8.31. The van der Waals surface area contributed by atoms with Gasteiger partial charge in [-0.15, -0.1) is 0 Å². The van der Waals surface area contributed by atoms with Gasteiger partial charge in [0.25, 0.3) is 0 Å². The number of amides is 2. The van der Waals surface area contributed by atoms with Crippen molar-refractivity contribution in [2.45, 2.75) is 25.8 Å². The van der Waals surface area contributed by atoms with Gasteiger partial charge in [0.1, 0.15) is 0 Å². The number of nitrogens with zero attached hydrogens (tertiary/aromatic N) is 2. The van der Waals surface area contributed by atoms with Crippen molar-refractivity contribution in [1.82, 2.24) is 10.2 Å². The van der Waals surface area contributed by atoms with Crippen molar-refractivity contribution in [2.75, 3.05) is 19.3 Å². The lowest BCUT2D eigenvalue weighted by Gasteiger charge is -2.38. The van der Waals surface area contributed by atoms with E-state index in [2.05, 4.69) is 18.3 Å². The van der Waals surface area contributed by atoms with Crippen LogP contribution in [0.5, 0.6) is 0 Å². The van der Waals surface area contributed by atoms with Crippen LogP contribution >= 0.6 is 11.6 Å². The van der Waals surface area contributed by atoms with E-state index >= 15 is 0 Å². The minimum atomic E-state index is -3.21. The molecule has 26 heavy (non-hydrogen) atoms. The summed E-state index contributed by atoms with van der Waals surface area (Å²) in [5, 5.41) is 13.4. The highest BCUT2D eigenvalue weighted by Gasteiger charge is 2.31. The zero-order valence-electron chi connectivity index (χ0n) is 14.8. The summed E-state index contributed by atoms with van der Waals surface area (Å²) < 4.78 is 22.2. The van der Waals surface area contributed by atoms with E-state index in [1.807, 2.05) is 0 Å². The quantitative estimate of drug-likeness (QED) is 0.847. The predicted molar refractivity (Wildman–Crippen MR) is 101 cm³/mol. The van der Waals surface area contributed by atoms with E-state index in [9.17, 15) is 13.2 Å². The second-order valence-electron chi connectivity index (χ2n) is 6.61. The molecule has 1 aromatic rings. The molecule has 1 N–H and O–H groups in total. The maximum atomic E-state index is 12.6. The molecule has 8 heteroatoms. The smallest absolute Gasteiger partial charge is 0.318 e. The minimum Gasteiger partial charge on any atom is -0.334 e. The average molecular weight is 396 g/mol. The maximum Gasteiger partial charge on any atom is 0.318 e. The molecule has 0 saturated carbocycles. The number of hydrogen-bond donors (Lipinski definition) is 1. The standard InChI is InChI=1S/C18H22ClN3O3S/c1-13-4-6-22(18(23)21-5-3-7-26(2,24)25)17(8-13)15-9-14(12-20)10-16(19)11-15/h3,7,9-11,13,17H,4-6,8H2,1-2H3,(H,21,23)/b7-3+/t13-,17+/m1/s1. The minimum absolute atomic E-state index is 0.129. The molecule has 1 aromatic carbocycles. The predicted octanol–water partition coefficient (Wildman–Crippen LogP) is 3.25. The van der Waals surface area contributed by atoms with E-state index < -0.39 is 9.84 Å². The molecule has 1 saturated heterocycles. The van der Waals surface area contributed by atoms with Gasteiger partial charge in [0.2, 0.25) is 0 Å². The van der Waals surface area contributed by atoms with E-state index in [1.54, 1.807) is 23.1 Å². The van der Waals surface area contributed by atoms with E-state index in [0.29, 0.717) is 23.0 Å². The van der Waals surface area contributed by atoms with Gasteiger partial charge in [-0.2, -0.15) is 5.26 Å². The van der Waals surface area contributed by atoms with Crippen LogP contribution in [0.4, 0.5) is 4.79 Å². The number of nitriles is 1. The fourth-order valence-electron chi connectivity index (χ4n) is 3.04. The molecule has 6 nitrogen and oxygen atoms in total. The van der Waals surface area contributed by atoms with Crippen LogP contribution in [0.1, 0.15) is 36.9 Å². The van der Waals surface area contributed by atoms with Crippen molar-refractivity contribution in [3.63, 3.8) is 0 Å². The summed E-state index contributed by atoms with van der Waals surface area (Å²) in [6, 6.07) is 6.79. The van der Waals surface area contributed by atoms with Crippen molar-refractivity contribution in [3.05, 3.63) is 45.8 Å². The molecule has 1 aliphatic rings. The molecule has 0 spiro atoms. The number of halogens is 1. The Hall–Kier alpha value is -2.04. The molecule has 0 unspecified atom stereocenters. The van der Waals surface area contributed by atoms with E-state index in [0.717, 1.165) is 30.1 Å². The number of benzene rings is 1. The molecule has 1 aliphatic heterocycles. The number of hydrogen-bond acceptors (Lipinski definition) is 4. The summed E-state index contributed by atoms with van der Waals surface area (Å²) in [4.78, 5) is 14.3. The summed E-state index contributed by atoms with van der Waals surface area (Å²) in [5.41, 5.74) is 1.30. The van der Waals surface area contributed by atoms with Crippen molar-refractivity contribution in [1.29, 1.82) is 5.26 Å². The average Bonchev–Trinajstić information content (AvgIpc) is 2.57. The lowest BCUT2D eigenvalue weighted by atomic mass is 9.88. The summed E-state index contributed by atoms with van der Waals surface area (Å²) in [5.74, 6) is 0.443. The molecule has 1 heterocycles.